The first kappa shape index (κ1) is 18.2. The highest BCUT2D eigenvalue weighted by Gasteiger charge is 2.32. The molecule has 1 atom stereocenters. The lowest BCUT2D eigenvalue weighted by atomic mass is 9.87. The molecular formula is C13H24N2O5. The number of hydrogen-bond acceptors (Lipinski definition) is 4. The number of carbonyl (C=O) groups is 3. The van der Waals surface area contributed by atoms with Crippen molar-refractivity contribution >= 4 is 18.0 Å². The number of ether oxygens (including phenoxy) is 1. The first-order valence-corrected chi connectivity index (χ1v) is 6.61. The number of amides is 2. The predicted molar refractivity (Wildman–Crippen MR) is 73.3 cm³/mol. The zero-order valence-electron chi connectivity index (χ0n) is 12.5. The van der Waals surface area contributed by atoms with Crippen LogP contribution in [0.4, 0.5) is 4.79 Å². The van der Waals surface area contributed by atoms with Gasteiger partial charge in [-0.25, -0.2) is 9.59 Å². The Morgan fingerprint density at radius 3 is 2.30 bits per heavy atom. The zero-order valence-corrected chi connectivity index (χ0v) is 12.5. The second-order valence-electron chi connectivity index (χ2n) is 5.45. The van der Waals surface area contributed by atoms with Gasteiger partial charge in [0.2, 0.25) is 0 Å². The van der Waals surface area contributed by atoms with Crippen LogP contribution in [0.1, 0.15) is 40.5 Å². The molecule has 2 amide bonds. The van der Waals surface area contributed by atoms with Gasteiger partial charge >= 0.3 is 18.0 Å². The van der Waals surface area contributed by atoms with Crippen LogP contribution in [0.3, 0.4) is 0 Å². The summed E-state index contributed by atoms with van der Waals surface area (Å²) >= 11 is 0. The van der Waals surface area contributed by atoms with E-state index in [1.807, 2.05) is 0 Å². The average molecular weight is 288 g/mol. The van der Waals surface area contributed by atoms with Gasteiger partial charge in [-0.15, -0.1) is 0 Å². The molecule has 0 aliphatic heterocycles. The Bertz CT molecular complexity index is 349. The summed E-state index contributed by atoms with van der Waals surface area (Å²) in [4.78, 5) is 33.7. The topological polar surface area (TPSA) is 105 Å². The molecule has 7 nitrogen and oxygen atoms in total. The highest BCUT2D eigenvalue weighted by atomic mass is 16.5. The monoisotopic (exact) mass is 288 g/mol. The standard InChI is InChI=1S/C13H24N2O5/c1-5-20-9(16)7-6-8-14-12(19)15-10(11(17)18)13(2,3)4/h10H,5-8H2,1-4H3,(H,17,18)(H2,14,15,19)/t10-/m0/s1. The third kappa shape index (κ3) is 7.60. The molecular weight excluding hydrogens is 264 g/mol. The molecule has 0 radical (unpaired) electrons. The molecule has 0 aromatic heterocycles. The fourth-order valence-corrected chi connectivity index (χ4v) is 1.50. The number of carboxylic acid groups (broad SMARTS) is 1. The van der Waals surface area contributed by atoms with Crippen molar-refractivity contribution in [3.05, 3.63) is 0 Å². The minimum absolute atomic E-state index is 0.218. The number of carbonyl (C=O) groups excluding carboxylic acids is 2. The molecule has 0 heterocycles. The summed E-state index contributed by atoms with van der Waals surface area (Å²) in [5, 5.41) is 14.0. The van der Waals surface area contributed by atoms with Gasteiger partial charge in [0.1, 0.15) is 6.04 Å². The summed E-state index contributed by atoms with van der Waals surface area (Å²) in [7, 11) is 0. The van der Waals surface area contributed by atoms with Crippen molar-refractivity contribution in [2.24, 2.45) is 5.41 Å². The van der Waals surface area contributed by atoms with Crippen LogP contribution >= 0.6 is 0 Å². The Balaban J connectivity index is 4.04. The molecule has 0 aromatic carbocycles. The molecule has 0 aliphatic carbocycles. The van der Waals surface area contributed by atoms with Crippen LogP contribution in [0.5, 0.6) is 0 Å². The molecule has 0 rings (SSSR count). The highest BCUT2D eigenvalue weighted by Crippen LogP contribution is 2.19. The summed E-state index contributed by atoms with van der Waals surface area (Å²) < 4.78 is 4.74. The normalized spacial score (nSPS) is 12.4. The zero-order chi connectivity index (χ0) is 15.8. The van der Waals surface area contributed by atoms with Crippen molar-refractivity contribution in [1.82, 2.24) is 10.6 Å². The summed E-state index contributed by atoms with van der Waals surface area (Å²) in [5.74, 6) is -1.40. The molecule has 0 spiro atoms. The van der Waals surface area contributed by atoms with E-state index < -0.39 is 23.5 Å². The van der Waals surface area contributed by atoms with Gasteiger partial charge in [0.05, 0.1) is 6.61 Å². The smallest absolute Gasteiger partial charge is 0.326 e. The quantitative estimate of drug-likeness (QED) is 0.481. The lowest BCUT2D eigenvalue weighted by Gasteiger charge is -2.27. The summed E-state index contributed by atoms with van der Waals surface area (Å²) in [6.07, 6.45) is 0.662. The van der Waals surface area contributed by atoms with Crippen LogP contribution < -0.4 is 10.6 Å². The molecule has 0 aliphatic rings. The Morgan fingerprint density at radius 1 is 1.25 bits per heavy atom. The van der Waals surface area contributed by atoms with Crippen LogP contribution in [0.25, 0.3) is 0 Å². The number of rotatable bonds is 7. The summed E-state index contributed by atoms with van der Waals surface area (Å²) in [5.41, 5.74) is -0.589. The molecule has 3 N–H and O–H groups in total. The first-order chi connectivity index (χ1) is 9.18. The SMILES string of the molecule is CCOC(=O)CCCNC(=O)N[C@@H](C(=O)O)C(C)(C)C. The van der Waals surface area contributed by atoms with Gasteiger partial charge in [-0.2, -0.15) is 0 Å². The van der Waals surface area contributed by atoms with Crippen molar-refractivity contribution in [2.75, 3.05) is 13.2 Å². The van der Waals surface area contributed by atoms with E-state index in [1.165, 1.54) is 0 Å². The van der Waals surface area contributed by atoms with Crippen molar-refractivity contribution in [1.29, 1.82) is 0 Å². The maximum atomic E-state index is 11.6. The van der Waals surface area contributed by atoms with Crippen molar-refractivity contribution in [3.8, 4) is 0 Å². The fourth-order valence-electron chi connectivity index (χ4n) is 1.50. The van der Waals surface area contributed by atoms with E-state index in [2.05, 4.69) is 10.6 Å². The van der Waals surface area contributed by atoms with Gasteiger partial charge in [-0.3, -0.25) is 4.79 Å². The number of esters is 1. The van der Waals surface area contributed by atoms with Gasteiger partial charge < -0.3 is 20.5 Å². The van der Waals surface area contributed by atoms with Crippen LogP contribution in [0, 0.1) is 5.41 Å². The van der Waals surface area contributed by atoms with Crippen LogP contribution in [-0.4, -0.2) is 42.3 Å². The lowest BCUT2D eigenvalue weighted by molar-refractivity contribution is -0.143. The van der Waals surface area contributed by atoms with Crippen molar-refractivity contribution < 1.29 is 24.2 Å². The largest absolute Gasteiger partial charge is 0.480 e. The average Bonchev–Trinajstić information content (AvgIpc) is 2.30. The molecule has 0 unspecified atom stereocenters. The number of urea groups is 1. The summed E-state index contributed by atoms with van der Waals surface area (Å²) in [6, 6.07) is -1.54. The van der Waals surface area contributed by atoms with E-state index >= 15 is 0 Å². The van der Waals surface area contributed by atoms with E-state index in [0.717, 1.165) is 0 Å². The Hall–Kier alpha value is -1.79. The molecule has 0 saturated carbocycles. The van der Waals surface area contributed by atoms with Gasteiger partial charge in [-0.05, 0) is 18.8 Å². The molecule has 116 valence electrons. The van der Waals surface area contributed by atoms with E-state index in [4.69, 9.17) is 9.84 Å². The second kappa shape index (κ2) is 8.39. The van der Waals surface area contributed by atoms with E-state index in [-0.39, 0.29) is 18.9 Å². The van der Waals surface area contributed by atoms with Crippen LogP contribution in [-0.2, 0) is 14.3 Å². The van der Waals surface area contributed by atoms with Crippen molar-refractivity contribution in [2.45, 2.75) is 46.6 Å². The van der Waals surface area contributed by atoms with Crippen molar-refractivity contribution in [3.63, 3.8) is 0 Å². The number of carboxylic acids is 1. The maximum absolute atomic E-state index is 11.6. The van der Waals surface area contributed by atoms with Crippen LogP contribution in [0.15, 0.2) is 0 Å². The molecule has 0 saturated heterocycles. The van der Waals surface area contributed by atoms with E-state index in [9.17, 15) is 14.4 Å². The lowest BCUT2D eigenvalue weighted by Crippen LogP contribution is -2.52. The second-order valence-corrected chi connectivity index (χ2v) is 5.45. The molecule has 0 fully saturated rings. The Kier molecular flexibility index (Phi) is 7.64. The highest BCUT2D eigenvalue weighted by molar-refractivity contribution is 5.83. The van der Waals surface area contributed by atoms with Gasteiger partial charge in [0.15, 0.2) is 0 Å². The maximum Gasteiger partial charge on any atom is 0.326 e. The first-order valence-electron chi connectivity index (χ1n) is 6.61. The molecule has 7 heteroatoms. The van der Waals surface area contributed by atoms with Crippen LogP contribution in [0.2, 0.25) is 0 Å². The minimum Gasteiger partial charge on any atom is -0.480 e. The minimum atomic E-state index is -1.08. The fraction of sp³-hybridized carbons (Fsp3) is 0.769. The van der Waals surface area contributed by atoms with Gasteiger partial charge in [0, 0.05) is 13.0 Å². The number of hydrogen-bond donors (Lipinski definition) is 3. The van der Waals surface area contributed by atoms with Gasteiger partial charge in [-0.1, -0.05) is 20.8 Å². The third-order valence-corrected chi connectivity index (χ3v) is 2.54. The van der Waals surface area contributed by atoms with E-state index in [0.29, 0.717) is 13.0 Å². The molecule has 0 aromatic rings. The van der Waals surface area contributed by atoms with E-state index in [1.54, 1.807) is 27.7 Å². The number of nitrogens with one attached hydrogen (secondary N) is 2. The Labute approximate surface area is 119 Å². The predicted octanol–water partition coefficient (Wildman–Crippen LogP) is 1.13. The Morgan fingerprint density at radius 2 is 1.85 bits per heavy atom. The third-order valence-electron chi connectivity index (χ3n) is 2.54. The summed E-state index contributed by atoms with van der Waals surface area (Å²) in [6.45, 7) is 7.52. The molecule has 0 bridgehead atoms. The number of aliphatic carboxylic acids is 1. The van der Waals surface area contributed by atoms with Gasteiger partial charge in [0.25, 0.3) is 0 Å². The molecule has 20 heavy (non-hydrogen) atoms.